The van der Waals surface area contributed by atoms with E-state index in [0.717, 1.165) is 12.4 Å². The second-order valence-electron chi connectivity index (χ2n) is 4.50. The predicted molar refractivity (Wildman–Crippen MR) is 77.2 cm³/mol. The van der Waals surface area contributed by atoms with Gasteiger partial charge in [-0.25, -0.2) is 4.98 Å². The number of nitrogens with zero attached hydrogens (tertiary/aromatic N) is 2. The molecule has 5 heteroatoms. The van der Waals surface area contributed by atoms with Gasteiger partial charge in [0.15, 0.2) is 5.82 Å². The number of rotatable bonds is 4. The van der Waals surface area contributed by atoms with E-state index in [2.05, 4.69) is 27.4 Å². The first-order chi connectivity index (χ1) is 8.74. The summed E-state index contributed by atoms with van der Waals surface area (Å²) in [6.07, 6.45) is 4.10. The van der Waals surface area contributed by atoms with Gasteiger partial charge in [0.2, 0.25) is 0 Å². The molecule has 3 nitrogen and oxygen atoms in total. The summed E-state index contributed by atoms with van der Waals surface area (Å²) in [4.78, 5) is 8.01. The van der Waals surface area contributed by atoms with E-state index in [1.807, 2.05) is 0 Å². The third-order valence-electron chi connectivity index (χ3n) is 3.03. The molecule has 2 N–H and O–H groups in total. The highest BCUT2D eigenvalue weighted by Gasteiger charge is 2.31. The van der Waals surface area contributed by atoms with Crippen LogP contribution in [0.5, 0.6) is 0 Å². The van der Waals surface area contributed by atoms with Crippen LogP contribution in [0.4, 0.5) is 11.5 Å². The van der Waals surface area contributed by atoms with E-state index in [4.69, 9.17) is 17.3 Å². The fraction of sp³-hybridized carbons (Fsp3) is 0.308. The van der Waals surface area contributed by atoms with E-state index in [1.165, 1.54) is 17.7 Å². The molecule has 0 atom stereocenters. The van der Waals surface area contributed by atoms with Gasteiger partial charge in [-0.15, -0.1) is 11.3 Å². The second-order valence-corrected chi connectivity index (χ2v) is 5.97. The normalized spacial score (nSPS) is 14.7. The minimum atomic E-state index is 0.572. The van der Waals surface area contributed by atoms with Gasteiger partial charge in [-0.1, -0.05) is 17.7 Å². The van der Waals surface area contributed by atoms with Crippen molar-refractivity contribution in [2.45, 2.75) is 25.4 Å². The Balaban J connectivity index is 1.89. The molecular formula is C13H14ClN3S. The van der Waals surface area contributed by atoms with Gasteiger partial charge in [0, 0.05) is 17.1 Å². The zero-order valence-corrected chi connectivity index (χ0v) is 11.4. The number of hydrogen-bond acceptors (Lipinski definition) is 4. The van der Waals surface area contributed by atoms with Crippen molar-refractivity contribution in [3.8, 4) is 0 Å². The molecule has 2 heterocycles. The van der Waals surface area contributed by atoms with Crippen LogP contribution >= 0.6 is 22.9 Å². The standard InChI is InChI=1S/C13H14ClN3S/c14-9-6-12(15)13(16-7-9)17(10-3-4-10)8-11-2-1-5-18-11/h1-2,5-7,10H,3-4,8,15H2. The first-order valence-corrected chi connectivity index (χ1v) is 7.20. The Bertz CT molecular complexity index is 537. The Morgan fingerprint density at radius 2 is 2.33 bits per heavy atom. The summed E-state index contributed by atoms with van der Waals surface area (Å²) in [7, 11) is 0. The molecule has 1 fully saturated rings. The van der Waals surface area contributed by atoms with E-state index >= 15 is 0 Å². The minimum absolute atomic E-state index is 0.572. The molecule has 1 saturated carbocycles. The van der Waals surface area contributed by atoms with Crippen molar-refractivity contribution in [1.82, 2.24) is 4.98 Å². The summed E-state index contributed by atoms with van der Waals surface area (Å²) < 4.78 is 0. The highest BCUT2D eigenvalue weighted by Crippen LogP contribution is 2.35. The van der Waals surface area contributed by atoms with E-state index in [1.54, 1.807) is 23.6 Å². The molecule has 18 heavy (non-hydrogen) atoms. The first kappa shape index (κ1) is 11.8. The Hall–Kier alpha value is -1.26. The van der Waals surface area contributed by atoms with Crippen molar-refractivity contribution in [3.05, 3.63) is 39.7 Å². The van der Waals surface area contributed by atoms with Crippen molar-refractivity contribution in [2.75, 3.05) is 10.6 Å². The molecular weight excluding hydrogens is 266 g/mol. The molecule has 1 aliphatic carbocycles. The monoisotopic (exact) mass is 279 g/mol. The molecule has 94 valence electrons. The molecule has 0 aliphatic heterocycles. The highest BCUT2D eigenvalue weighted by atomic mass is 35.5. The topological polar surface area (TPSA) is 42.1 Å². The van der Waals surface area contributed by atoms with Crippen LogP contribution in [0.2, 0.25) is 5.02 Å². The van der Waals surface area contributed by atoms with Gasteiger partial charge < -0.3 is 10.6 Å². The lowest BCUT2D eigenvalue weighted by molar-refractivity contribution is 0.788. The summed E-state index contributed by atoms with van der Waals surface area (Å²) in [6, 6.07) is 6.56. The van der Waals surface area contributed by atoms with Crippen LogP contribution in [0.15, 0.2) is 29.8 Å². The number of nitrogen functional groups attached to an aromatic ring is 1. The maximum absolute atomic E-state index is 6.03. The van der Waals surface area contributed by atoms with Crippen LogP contribution in [-0.2, 0) is 6.54 Å². The Kier molecular flexibility index (Phi) is 3.14. The van der Waals surface area contributed by atoms with Crippen molar-refractivity contribution < 1.29 is 0 Å². The smallest absolute Gasteiger partial charge is 0.152 e. The maximum atomic E-state index is 6.03. The van der Waals surface area contributed by atoms with Crippen LogP contribution in [0.3, 0.4) is 0 Å². The molecule has 0 saturated heterocycles. The van der Waals surface area contributed by atoms with Crippen LogP contribution in [0.25, 0.3) is 0 Å². The van der Waals surface area contributed by atoms with Gasteiger partial charge in [0.1, 0.15) is 0 Å². The lowest BCUT2D eigenvalue weighted by Gasteiger charge is -2.24. The Labute approximate surface area is 115 Å². The van der Waals surface area contributed by atoms with Crippen LogP contribution in [-0.4, -0.2) is 11.0 Å². The van der Waals surface area contributed by atoms with Crippen LogP contribution in [0.1, 0.15) is 17.7 Å². The number of aromatic nitrogens is 1. The SMILES string of the molecule is Nc1cc(Cl)cnc1N(Cc1cccs1)C1CC1. The molecule has 2 aromatic heterocycles. The maximum Gasteiger partial charge on any atom is 0.152 e. The number of thiophene rings is 1. The largest absolute Gasteiger partial charge is 0.396 e. The molecule has 0 radical (unpaired) electrons. The number of hydrogen-bond donors (Lipinski definition) is 1. The van der Waals surface area contributed by atoms with E-state index in [-0.39, 0.29) is 0 Å². The predicted octanol–water partition coefficient (Wildman–Crippen LogP) is 3.55. The van der Waals surface area contributed by atoms with Crippen LogP contribution < -0.4 is 10.6 Å². The molecule has 3 rings (SSSR count). The van der Waals surface area contributed by atoms with E-state index in [9.17, 15) is 0 Å². The van der Waals surface area contributed by atoms with Gasteiger partial charge in [0.05, 0.1) is 17.3 Å². The zero-order chi connectivity index (χ0) is 12.5. The Morgan fingerprint density at radius 3 is 2.94 bits per heavy atom. The number of halogens is 1. The summed E-state index contributed by atoms with van der Waals surface area (Å²) in [6.45, 7) is 0.876. The molecule has 2 aromatic rings. The van der Waals surface area contributed by atoms with Crippen molar-refractivity contribution in [1.29, 1.82) is 0 Å². The van der Waals surface area contributed by atoms with Gasteiger partial charge >= 0.3 is 0 Å². The van der Waals surface area contributed by atoms with E-state index in [0.29, 0.717) is 16.8 Å². The fourth-order valence-electron chi connectivity index (χ4n) is 2.02. The molecule has 0 aromatic carbocycles. The average Bonchev–Trinajstić information content (AvgIpc) is 3.05. The minimum Gasteiger partial charge on any atom is -0.396 e. The van der Waals surface area contributed by atoms with Gasteiger partial charge in [-0.05, 0) is 30.4 Å². The zero-order valence-electron chi connectivity index (χ0n) is 9.84. The molecule has 0 bridgehead atoms. The third-order valence-corrected chi connectivity index (χ3v) is 4.10. The van der Waals surface area contributed by atoms with Gasteiger partial charge in [-0.2, -0.15) is 0 Å². The highest BCUT2D eigenvalue weighted by molar-refractivity contribution is 7.09. The summed E-state index contributed by atoms with van der Waals surface area (Å²) in [5, 5.41) is 2.68. The van der Waals surface area contributed by atoms with Crippen LogP contribution in [0, 0.1) is 0 Å². The molecule has 0 amide bonds. The quantitative estimate of drug-likeness (QED) is 0.931. The fourth-order valence-corrected chi connectivity index (χ4v) is 2.89. The Morgan fingerprint density at radius 1 is 1.50 bits per heavy atom. The molecule has 0 spiro atoms. The first-order valence-electron chi connectivity index (χ1n) is 5.94. The van der Waals surface area contributed by atoms with Crippen molar-refractivity contribution >= 4 is 34.4 Å². The molecule has 1 aliphatic rings. The summed E-state index contributed by atoms with van der Waals surface area (Å²) in [5.74, 6) is 0.857. The number of nitrogens with two attached hydrogens (primary N) is 1. The number of pyridine rings is 1. The summed E-state index contributed by atoms with van der Waals surface area (Å²) in [5.41, 5.74) is 6.69. The second kappa shape index (κ2) is 4.78. The lowest BCUT2D eigenvalue weighted by Crippen LogP contribution is -2.26. The van der Waals surface area contributed by atoms with E-state index < -0.39 is 0 Å². The van der Waals surface area contributed by atoms with Crippen molar-refractivity contribution in [2.24, 2.45) is 0 Å². The molecule has 0 unspecified atom stereocenters. The summed E-state index contributed by atoms with van der Waals surface area (Å²) >= 11 is 7.66. The average molecular weight is 280 g/mol. The van der Waals surface area contributed by atoms with Gasteiger partial charge in [-0.3, -0.25) is 0 Å². The lowest BCUT2D eigenvalue weighted by atomic mass is 10.3. The number of anilines is 2. The van der Waals surface area contributed by atoms with Crippen molar-refractivity contribution in [3.63, 3.8) is 0 Å². The third kappa shape index (κ3) is 2.44. The van der Waals surface area contributed by atoms with Gasteiger partial charge in [0.25, 0.3) is 0 Å².